The van der Waals surface area contributed by atoms with Crippen LogP contribution in [0, 0.1) is 6.92 Å². The summed E-state index contributed by atoms with van der Waals surface area (Å²) in [4.78, 5) is 14.7. The van der Waals surface area contributed by atoms with Gasteiger partial charge in [0, 0.05) is 19.4 Å². The van der Waals surface area contributed by atoms with E-state index >= 15 is 0 Å². The van der Waals surface area contributed by atoms with Gasteiger partial charge in [0.2, 0.25) is 0 Å². The molecule has 0 saturated carbocycles. The van der Waals surface area contributed by atoms with Gasteiger partial charge >= 0.3 is 0 Å². The fraction of sp³-hybridized carbons (Fsp3) is 0.333. The van der Waals surface area contributed by atoms with Crippen LogP contribution in [-0.4, -0.2) is 9.55 Å². The van der Waals surface area contributed by atoms with Gasteiger partial charge in [-0.25, -0.2) is 0 Å². The summed E-state index contributed by atoms with van der Waals surface area (Å²) in [5.74, 6) is 0. The predicted octanol–water partition coefficient (Wildman–Crippen LogP) is 0.0887. The summed E-state index contributed by atoms with van der Waals surface area (Å²) in [5.41, 5.74) is 0.512. The molecule has 48 valence electrons. The van der Waals surface area contributed by atoms with Gasteiger partial charge in [-0.2, -0.15) is 0 Å². The molecule has 0 saturated heterocycles. The second-order valence-corrected chi connectivity index (χ2v) is 1.93. The van der Waals surface area contributed by atoms with Crippen LogP contribution in [0.2, 0.25) is 0 Å². The Labute approximate surface area is 53.0 Å². The van der Waals surface area contributed by atoms with Gasteiger partial charge in [0.05, 0.1) is 0 Å². The fourth-order valence-corrected chi connectivity index (χ4v) is 0.623. The first-order valence-corrected chi connectivity index (χ1v) is 2.70. The van der Waals surface area contributed by atoms with Crippen molar-refractivity contribution in [2.45, 2.75) is 6.92 Å². The topological polar surface area (TPSA) is 34.9 Å². The highest BCUT2D eigenvalue weighted by atomic mass is 16.1. The molecule has 0 N–H and O–H groups in total. The maximum atomic E-state index is 10.9. The highest BCUT2D eigenvalue weighted by Gasteiger charge is 1.91. The van der Waals surface area contributed by atoms with E-state index in [9.17, 15) is 4.79 Å². The van der Waals surface area contributed by atoms with E-state index in [-0.39, 0.29) is 5.56 Å². The van der Waals surface area contributed by atoms with Crippen molar-refractivity contribution in [3.63, 3.8) is 0 Å². The first-order valence-electron chi connectivity index (χ1n) is 2.70. The largest absolute Gasteiger partial charge is 0.316 e. The molecule has 0 atom stereocenters. The van der Waals surface area contributed by atoms with Crippen LogP contribution in [0.5, 0.6) is 0 Å². The van der Waals surface area contributed by atoms with Crippen molar-refractivity contribution in [1.29, 1.82) is 0 Å². The van der Waals surface area contributed by atoms with Crippen molar-refractivity contribution in [2.24, 2.45) is 7.05 Å². The number of aromatic nitrogens is 2. The fourth-order valence-electron chi connectivity index (χ4n) is 0.623. The third-order valence-electron chi connectivity index (χ3n) is 1.19. The smallest absolute Gasteiger partial charge is 0.271 e. The molecule has 0 fully saturated rings. The second kappa shape index (κ2) is 2.01. The van der Waals surface area contributed by atoms with Crippen molar-refractivity contribution >= 4 is 0 Å². The molecular formula is C6H8N2O. The highest BCUT2D eigenvalue weighted by molar-refractivity contribution is 4.92. The number of hydrogen-bond donors (Lipinski definition) is 0. The van der Waals surface area contributed by atoms with E-state index in [0.717, 1.165) is 0 Å². The van der Waals surface area contributed by atoms with Crippen LogP contribution in [0.4, 0.5) is 0 Å². The van der Waals surface area contributed by atoms with E-state index in [1.807, 2.05) is 0 Å². The first kappa shape index (κ1) is 6.01. The predicted molar refractivity (Wildman–Crippen MR) is 34.2 cm³/mol. The number of nitrogens with zero attached hydrogens (tertiary/aromatic N) is 2. The zero-order valence-corrected chi connectivity index (χ0v) is 5.46. The SMILES string of the molecule is Cc1nccn(C)c1=O. The zero-order chi connectivity index (χ0) is 6.85. The molecule has 0 aliphatic rings. The van der Waals surface area contributed by atoms with Crippen molar-refractivity contribution in [3.05, 3.63) is 28.4 Å². The summed E-state index contributed by atoms with van der Waals surface area (Å²) < 4.78 is 1.50. The van der Waals surface area contributed by atoms with Crippen LogP contribution in [0.15, 0.2) is 17.2 Å². The minimum Gasteiger partial charge on any atom is -0.316 e. The average molecular weight is 124 g/mol. The van der Waals surface area contributed by atoms with Crippen LogP contribution in [0.1, 0.15) is 5.69 Å². The van der Waals surface area contributed by atoms with Crippen LogP contribution < -0.4 is 5.56 Å². The van der Waals surface area contributed by atoms with Crippen LogP contribution in [0.3, 0.4) is 0 Å². The van der Waals surface area contributed by atoms with E-state index < -0.39 is 0 Å². The Morgan fingerprint density at radius 3 is 2.78 bits per heavy atom. The van der Waals surface area contributed by atoms with E-state index in [2.05, 4.69) is 4.98 Å². The Morgan fingerprint density at radius 1 is 1.67 bits per heavy atom. The molecule has 9 heavy (non-hydrogen) atoms. The molecule has 0 bridgehead atoms. The summed E-state index contributed by atoms with van der Waals surface area (Å²) in [7, 11) is 1.71. The van der Waals surface area contributed by atoms with Gasteiger partial charge < -0.3 is 4.57 Å². The van der Waals surface area contributed by atoms with Gasteiger partial charge in [-0.1, -0.05) is 0 Å². The molecule has 1 aromatic heterocycles. The molecule has 1 heterocycles. The minimum absolute atomic E-state index is 0.0301. The van der Waals surface area contributed by atoms with Crippen LogP contribution >= 0.6 is 0 Å². The standard InChI is InChI=1S/C6H8N2O/c1-5-6(9)8(2)4-3-7-5/h3-4H,1-2H3. The van der Waals surface area contributed by atoms with Crippen LogP contribution in [0.25, 0.3) is 0 Å². The van der Waals surface area contributed by atoms with Gasteiger partial charge in [0.1, 0.15) is 5.69 Å². The Morgan fingerprint density at radius 2 is 2.33 bits per heavy atom. The summed E-state index contributed by atoms with van der Waals surface area (Å²) in [6.45, 7) is 1.70. The molecule has 3 nitrogen and oxygen atoms in total. The molecular weight excluding hydrogens is 116 g/mol. The maximum absolute atomic E-state index is 10.9. The average Bonchev–Trinajstić information content (AvgIpc) is 1.83. The van der Waals surface area contributed by atoms with E-state index in [4.69, 9.17) is 0 Å². The molecule has 0 amide bonds. The normalized spacial score (nSPS) is 9.56. The summed E-state index contributed by atoms with van der Waals surface area (Å²) in [6.07, 6.45) is 3.24. The van der Waals surface area contributed by atoms with Crippen molar-refractivity contribution in [1.82, 2.24) is 9.55 Å². The van der Waals surface area contributed by atoms with Gasteiger partial charge in [0.15, 0.2) is 0 Å². The van der Waals surface area contributed by atoms with Crippen molar-refractivity contribution < 1.29 is 0 Å². The maximum Gasteiger partial charge on any atom is 0.271 e. The molecule has 0 radical (unpaired) electrons. The minimum atomic E-state index is -0.0301. The Balaban J connectivity index is 3.43. The molecule has 0 aliphatic carbocycles. The number of hydrogen-bond acceptors (Lipinski definition) is 2. The quantitative estimate of drug-likeness (QED) is 0.491. The molecule has 0 aromatic carbocycles. The lowest BCUT2D eigenvalue weighted by molar-refractivity contribution is 0.822. The summed E-state index contributed by atoms with van der Waals surface area (Å²) in [5, 5.41) is 0. The molecule has 0 aliphatic heterocycles. The van der Waals surface area contributed by atoms with E-state index in [1.165, 1.54) is 4.57 Å². The molecule has 3 heteroatoms. The molecule has 0 spiro atoms. The molecule has 1 aromatic rings. The summed E-state index contributed by atoms with van der Waals surface area (Å²) in [6, 6.07) is 0. The zero-order valence-electron chi connectivity index (χ0n) is 5.46. The lowest BCUT2D eigenvalue weighted by Gasteiger charge is -1.93. The van der Waals surface area contributed by atoms with Crippen molar-refractivity contribution in [3.8, 4) is 0 Å². The lowest BCUT2D eigenvalue weighted by atomic mass is 10.5. The Hall–Kier alpha value is -1.12. The van der Waals surface area contributed by atoms with Gasteiger partial charge in [-0.15, -0.1) is 0 Å². The Bertz CT molecular complexity index is 241. The summed E-state index contributed by atoms with van der Waals surface area (Å²) >= 11 is 0. The highest BCUT2D eigenvalue weighted by Crippen LogP contribution is 1.77. The number of rotatable bonds is 0. The van der Waals surface area contributed by atoms with Gasteiger partial charge in [-0.05, 0) is 6.92 Å². The van der Waals surface area contributed by atoms with Gasteiger partial charge in [-0.3, -0.25) is 9.78 Å². The Kier molecular flexibility index (Phi) is 1.34. The lowest BCUT2D eigenvalue weighted by Crippen LogP contribution is -2.19. The first-order chi connectivity index (χ1) is 4.22. The third-order valence-corrected chi connectivity index (χ3v) is 1.19. The van der Waals surface area contributed by atoms with E-state index in [1.54, 1.807) is 26.4 Å². The number of aryl methyl sites for hydroxylation is 2. The molecule has 1 rings (SSSR count). The molecule has 0 unspecified atom stereocenters. The second-order valence-electron chi connectivity index (χ2n) is 1.93. The van der Waals surface area contributed by atoms with E-state index in [0.29, 0.717) is 5.69 Å². The van der Waals surface area contributed by atoms with Gasteiger partial charge in [0.25, 0.3) is 5.56 Å². The van der Waals surface area contributed by atoms with Crippen LogP contribution in [-0.2, 0) is 7.05 Å². The van der Waals surface area contributed by atoms with Crippen molar-refractivity contribution in [2.75, 3.05) is 0 Å². The monoisotopic (exact) mass is 124 g/mol. The third kappa shape index (κ3) is 0.988.